The number of anilines is 1. The van der Waals surface area contributed by atoms with Crippen LogP contribution in [0.1, 0.15) is 34.6 Å². The Balaban J connectivity index is 1.52. The Labute approximate surface area is 171 Å². The van der Waals surface area contributed by atoms with Crippen molar-refractivity contribution in [3.8, 4) is 11.3 Å². The van der Waals surface area contributed by atoms with E-state index in [-0.39, 0.29) is 11.7 Å². The van der Waals surface area contributed by atoms with Crippen LogP contribution < -0.4 is 5.32 Å². The number of rotatable bonds is 5. The first-order valence-electron chi connectivity index (χ1n) is 9.43. The molecular formula is C21H21F2N3O2S. The summed E-state index contributed by atoms with van der Waals surface area (Å²) in [6.07, 6.45) is 2.41. The maximum atomic E-state index is 13.8. The van der Waals surface area contributed by atoms with E-state index in [1.54, 1.807) is 0 Å². The fourth-order valence-corrected chi connectivity index (χ4v) is 4.33. The van der Waals surface area contributed by atoms with Crippen LogP contribution in [0.5, 0.6) is 0 Å². The quantitative estimate of drug-likeness (QED) is 0.640. The van der Waals surface area contributed by atoms with Gasteiger partial charge in [0.15, 0.2) is 5.13 Å². The van der Waals surface area contributed by atoms with Crippen LogP contribution in [0, 0.1) is 25.5 Å². The molecule has 1 amide bonds. The molecule has 1 fully saturated rings. The molecule has 0 saturated carbocycles. The molecule has 1 aromatic carbocycles. The van der Waals surface area contributed by atoms with Crippen LogP contribution in [0.3, 0.4) is 0 Å². The first kappa shape index (κ1) is 19.7. The molecule has 1 aliphatic rings. The lowest BCUT2D eigenvalue weighted by atomic mass is 10.2. The highest BCUT2D eigenvalue weighted by Gasteiger charge is 2.21. The van der Waals surface area contributed by atoms with Crippen molar-refractivity contribution in [3.05, 3.63) is 58.2 Å². The average molecular weight is 417 g/mol. The summed E-state index contributed by atoms with van der Waals surface area (Å²) in [6.45, 7) is 5.73. The Morgan fingerprint density at radius 1 is 1.34 bits per heavy atom. The van der Waals surface area contributed by atoms with Crippen molar-refractivity contribution in [1.29, 1.82) is 0 Å². The van der Waals surface area contributed by atoms with Crippen LogP contribution in [0.2, 0.25) is 0 Å². The number of aromatic nitrogens is 2. The van der Waals surface area contributed by atoms with Gasteiger partial charge in [-0.25, -0.2) is 13.8 Å². The van der Waals surface area contributed by atoms with Gasteiger partial charge in [-0.2, -0.15) is 0 Å². The molecule has 1 aliphatic heterocycles. The molecule has 0 spiro atoms. The summed E-state index contributed by atoms with van der Waals surface area (Å²) in [5.41, 5.74) is 3.73. The Morgan fingerprint density at radius 3 is 2.90 bits per heavy atom. The van der Waals surface area contributed by atoms with Gasteiger partial charge in [0.05, 0.1) is 17.4 Å². The molecule has 0 bridgehead atoms. The number of thiazole rings is 1. The fourth-order valence-electron chi connectivity index (χ4n) is 3.63. The van der Waals surface area contributed by atoms with Crippen LogP contribution in [-0.4, -0.2) is 28.2 Å². The molecule has 2 aromatic heterocycles. The number of amides is 1. The van der Waals surface area contributed by atoms with Crippen molar-refractivity contribution in [3.63, 3.8) is 0 Å². The highest BCUT2D eigenvalue weighted by atomic mass is 32.1. The number of hydrogen-bond donors (Lipinski definition) is 1. The summed E-state index contributed by atoms with van der Waals surface area (Å²) >= 11 is 1.26. The molecule has 5 nitrogen and oxygen atoms in total. The summed E-state index contributed by atoms with van der Waals surface area (Å²) in [6, 6.07) is 4.93. The molecule has 4 rings (SSSR count). The Morgan fingerprint density at radius 2 is 2.17 bits per heavy atom. The van der Waals surface area contributed by atoms with E-state index in [9.17, 15) is 13.6 Å². The van der Waals surface area contributed by atoms with E-state index in [2.05, 4.69) is 27.9 Å². The van der Waals surface area contributed by atoms with Gasteiger partial charge >= 0.3 is 0 Å². The van der Waals surface area contributed by atoms with E-state index in [4.69, 9.17) is 4.74 Å². The van der Waals surface area contributed by atoms with Gasteiger partial charge in [0.2, 0.25) is 0 Å². The highest BCUT2D eigenvalue weighted by molar-refractivity contribution is 7.14. The minimum Gasteiger partial charge on any atom is -0.376 e. The highest BCUT2D eigenvalue weighted by Crippen LogP contribution is 2.31. The van der Waals surface area contributed by atoms with Gasteiger partial charge in [0.1, 0.15) is 11.6 Å². The summed E-state index contributed by atoms with van der Waals surface area (Å²) < 4.78 is 34.8. The summed E-state index contributed by atoms with van der Waals surface area (Å²) in [7, 11) is 0. The number of nitrogens with one attached hydrogen (secondary N) is 1. The van der Waals surface area contributed by atoms with E-state index >= 15 is 0 Å². The number of hydrogen-bond acceptors (Lipinski definition) is 4. The monoisotopic (exact) mass is 417 g/mol. The van der Waals surface area contributed by atoms with Gasteiger partial charge in [-0.3, -0.25) is 10.1 Å². The SMILES string of the molecule is Cc1cc(-c2csc(NC(=O)c3ccc(F)cc3F)n2)c(C)n1C[C@@H]1CCCO1. The number of carbonyl (C=O) groups is 1. The van der Waals surface area contributed by atoms with Crippen molar-refractivity contribution in [2.24, 2.45) is 0 Å². The summed E-state index contributed by atoms with van der Waals surface area (Å²) in [4.78, 5) is 16.8. The van der Waals surface area contributed by atoms with E-state index in [0.29, 0.717) is 11.2 Å². The van der Waals surface area contributed by atoms with Crippen molar-refractivity contribution in [2.75, 3.05) is 11.9 Å². The second-order valence-electron chi connectivity index (χ2n) is 7.15. The number of ether oxygens (including phenoxy) is 1. The number of benzene rings is 1. The van der Waals surface area contributed by atoms with Gasteiger partial charge in [-0.1, -0.05) is 0 Å². The molecule has 1 atom stereocenters. The van der Waals surface area contributed by atoms with Gasteiger partial charge < -0.3 is 9.30 Å². The number of aryl methyl sites for hydroxylation is 1. The first-order valence-corrected chi connectivity index (χ1v) is 10.3. The van der Waals surface area contributed by atoms with Crippen molar-refractivity contribution in [2.45, 2.75) is 39.3 Å². The topological polar surface area (TPSA) is 56.2 Å². The maximum Gasteiger partial charge on any atom is 0.260 e. The van der Waals surface area contributed by atoms with Gasteiger partial charge in [0, 0.05) is 41.5 Å². The van der Waals surface area contributed by atoms with E-state index in [1.807, 2.05) is 12.3 Å². The normalized spacial score (nSPS) is 16.3. The lowest BCUT2D eigenvalue weighted by molar-refractivity contribution is 0.0962. The molecule has 8 heteroatoms. The van der Waals surface area contributed by atoms with Crippen LogP contribution in [-0.2, 0) is 11.3 Å². The fraction of sp³-hybridized carbons (Fsp3) is 0.333. The molecule has 1 saturated heterocycles. The molecular weight excluding hydrogens is 396 g/mol. The number of halogens is 2. The third kappa shape index (κ3) is 4.09. The smallest absolute Gasteiger partial charge is 0.260 e. The van der Waals surface area contributed by atoms with Gasteiger partial charge in [-0.15, -0.1) is 11.3 Å². The molecule has 0 aliphatic carbocycles. The Bertz CT molecular complexity index is 1050. The van der Waals surface area contributed by atoms with Gasteiger partial charge in [0.25, 0.3) is 5.91 Å². The second kappa shape index (κ2) is 8.04. The zero-order valence-electron chi connectivity index (χ0n) is 16.2. The second-order valence-corrected chi connectivity index (χ2v) is 8.00. The van der Waals surface area contributed by atoms with E-state index in [0.717, 1.165) is 60.8 Å². The lowest BCUT2D eigenvalue weighted by Gasteiger charge is -2.14. The van der Waals surface area contributed by atoms with Crippen molar-refractivity contribution < 1.29 is 18.3 Å². The average Bonchev–Trinajstić information content (AvgIpc) is 3.40. The third-order valence-electron chi connectivity index (χ3n) is 5.16. The molecule has 152 valence electrons. The first-order chi connectivity index (χ1) is 13.9. The number of carbonyl (C=O) groups excluding carboxylic acids is 1. The van der Waals surface area contributed by atoms with Crippen molar-refractivity contribution in [1.82, 2.24) is 9.55 Å². The molecule has 0 unspecified atom stereocenters. The molecule has 3 aromatic rings. The van der Waals surface area contributed by atoms with Crippen LogP contribution in [0.15, 0.2) is 29.6 Å². The lowest BCUT2D eigenvalue weighted by Crippen LogP contribution is -2.16. The molecule has 0 radical (unpaired) electrons. The summed E-state index contributed by atoms with van der Waals surface area (Å²) in [5.74, 6) is -2.29. The Kier molecular flexibility index (Phi) is 5.47. The van der Waals surface area contributed by atoms with E-state index < -0.39 is 17.5 Å². The van der Waals surface area contributed by atoms with Crippen molar-refractivity contribution >= 4 is 22.4 Å². The zero-order valence-corrected chi connectivity index (χ0v) is 17.0. The predicted molar refractivity (Wildman–Crippen MR) is 108 cm³/mol. The maximum absolute atomic E-state index is 13.8. The van der Waals surface area contributed by atoms with Crippen LogP contribution in [0.4, 0.5) is 13.9 Å². The number of nitrogens with zero attached hydrogens (tertiary/aromatic N) is 2. The molecule has 29 heavy (non-hydrogen) atoms. The largest absolute Gasteiger partial charge is 0.376 e. The van der Waals surface area contributed by atoms with Gasteiger partial charge in [-0.05, 0) is 44.9 Å². The standard InChI is InChI=1S/C21H21F2N3O2S/c1-12-8-17(13(2)26(12)10-15-4-3-7-28-15)19-11-29-21(24-19)25-20(27)16-6-5-14(22)9-18(16)23/h5-6,8-9,11,15H,3-4,7,10H2,1-2H3,(H,24,25,27)/t15-/m0/s1. The Hall–Kier alpha value is -2.58. The minimum absolute atomic E-state index is 0.224. The zero-order chi connectivity index (χ0) is 20.5. The molecule has 3 heterocycles. The molecule has 1 N–H and O–H groups in total. The predicted octanol–water partition coefficient (Wildman–Crippen LogP) is 4.94. The van der Waals surface area contributed by atoms with Crippen LogP contribution in [0.25, 0.3) is 11.3 Å². The summed E-state index contributed by atoms with van der Waals surface area (Å²) in [5, 5.41) is 4.80. The third-order valence-corrected chi connectivity index (χ3v) is 5.92. The van der Waals surface area contributed by atoms with Crippen LogP contribution >= 0.6 is 11.3 Å². The minimum atomic E-state index is -0.906. The van der Waals surface area contributed by atoms with E-state index in [1.165, 1.54) is 11.3 Å².